The van der Waals surface area contributed by atoms with E-state index < -0.39 is 10.0 Å². The summed E-state index contributed by atoms with van der Waals surface area (Å²) < 4.78 is 31.4. The van der Waals surface area contributed by atoms with Gasteiger partial charge in [0.15, 0.2) is 0 Å². The van der Waals surface area contributed by atoms with Gasteiger partial charge in [0.05, 0.1) is 11.9 Å². The summed E-state index contributed by atoms with van der Waals surface area (Å²) in [6, 6.07) is 16.5. The molecular weight excluding hydrogens is 432 g/mol. The summed E-state index contributed by atoms with van der Waals surface area (Å²) in [6.07, 6.45) is 6.21. The van der Waals surface area contributed by atoms with E-state index >= 15 is 0 Å². The van der Waals surface area contributed by atoms with Gasteiger partial charge in [0.25, 0.3) is 0 Å². The van der Waals surface area contributed by atoms with Crippen molar-refractivity contribution in [2.24, 2.45) is 0 Å². The zero-order valence-electron chi connectivity index (χ0n) is 17.8. The minimum absolute atomic E-state index is 0.239. The van der Waals surface area contributed by atoms with E-state index in [9.17, 15) is 13.2 Å². The number of hydrogen-bond donors (Lipinski definition) is 1. The van der Waals surface area contributed by atoms with Crippen molar-refractivity contribution >= 4 is 33.4 Å². The Labute approximate surface area is 189 Å². The van der Waals surface area contributed by atoms with Crippen LogP contribution in [-0.2, 0) is 21.4 Å². The standard InChI is InChI=1S/C23H30N2O4S2/c1-31(27,28)25(17-23(26)24-15-16-30-22-9-5-6-10-22)20-11-13-21(14-12-20)29-18-19-7-3-2-4-8-19/h2-4,7-8,11-14,22H,5-6,9-10,15-18H2,1H3,(H,24,26). The lowest BCUT2D eigenvalue weighted by molar-refractivity contribution is -0.119. The molecule has 0 spiro atoms. The first-order valence-electron chi connectivity index (χ1n) is 10.5. The number of rotatable bonds is 11. The predicted molar refractivity (Wildman–Crippen MR) is 127 cm³/mol. The fourth-order valence-corrected chi connectivity index (χ4v) is 5.58. The Bertz CT molecular complexity index is 928. The molecule has 0 aliphatic heterocycles. The molecule has 0 radical (unpaired) electrons. The number of carbonyl (C=O) groups excluding carboxylic acids is 1. The van der Waals surface area contributed by atoms with Crippen LogP contribution in [-0.4, -0.2) is 44.7 Å². The number of benzene rings is 2. The lowest BCUT2D eigenvalue weighted by Crippen LogP contribution is -2.41. The van der Waals surface area contributed by atoms with Gasteiger partial charge in [0.2, 0.25) is 15.9 Å². The van der Waals surface area contributed by atoms with E-state index in [1.807, 2.05) is 42.1 Å². The lowest BCUT2D eigenvalue weighted by Gasteiger charge is -2.22. The third-order valence-electron chi connectivity index (χ3n) is 5.14. The molecule has 0 bridgehead atoms. The van der Waals surface area contributed by atoms with Gasteiger partial charge in [-0.05, 0) is 42.7 Å². The SMILES string of the molecule is CS(=O)(=O)N(CC(=O)NCCSC1CCCC1)c1ccc(OCc2ccccc2)cc1. The number of amides is 1. The number of ether oxygens (including phenoxy) is 1. The van der Waals surface area contributed by atoms with E-state index in [4.69, 9.17) is 4.74 Å². The second-order valence-electron chi connectivity index (χ2n) is 7.67. The lowest BCUT2D eigenvalue weighted by atomic mass is 10.2. The minimum Gasteiger partial charge on any atom is -0.489 e. The van der Waals surface area contributed by atoms with E-state index in [0.717, 1.165) is 21.9 Å². The maximum atomic E-state index is 12.3. The second-order valence-corrected chi connectivity index (χ2v) is 11.0. The van der Waals surface area contributed by atoms with Gasteiger partial charge in [-0.25, -0.2) is 8.42 Å². The average molecular weight is 463 g/mol. The Balaban J connectivity index is 1.51. The molecule has 0 saturated heterocycles. The first-order valence-corrected chi connectivity index (χ1v) is 13.4. The topological polar surface area (TPSA) is 75.7 Å². The summed E-state index contributed by atoms with van der Waals surface area (Å²) >= 11 is 1.89. The monoisotopic (exact) mass is 462 g/mol. The summed E-state index contributed by atoms with van der Waals surface area (Å²) in [7, 11) is -3.60. The molecule has 168 valence electrons. The average Bonchev–Trinajstić information content (AvgIpc) is 3.28. The van der Waals surface area contributed by atoms with Crippen molar-refractivity contribution in [1.82, 2.24) is 5.32 Å². The molecule has 0 heterocycles. The molecule has 0 aromatic heterocycles. The zero-order chi connectivity index (χ0) is 22.1. The summed E-state index contributed by atoms with van der Waals surface area (Å²) in [5.41, 5.74) is 1.48. The van der Waals surface area contributed by atoms with Crippen LogP contribution in [0.25, 0.3) is 0 Å². The smallest absolute Gasteiger partial charge is 0.240 e. The van der Waals surface area contributed by atoms with E-state index in [1.165, 1.54) is 25.7 Å². The molecule has 2 aromatic rings. The highest BCUT2D eigenvalue weighted by molar-refractivity contribution is 7.99. The van der Waals surface area contributed by atoms with Crippen LogP contribution in [0.3, 0.4) is 0 Å². The van der Waals surface area contributed by atoms with Gasteiger partial charge in [-0.3, -0.25) is 9.10 Å². The molecule has 2 aromatic carbocycles. The number of thioether (sulfide) groups is 1. The minimum atomic E-state index is -3.60. The zero-order valence-corrected chi connectivity index (χ0v) is 19.5. The highest BCUT2D eigenvalue weighted by atomic mass is 32.2. The van der Waals surface area contributed by atoms with Crippen LogP contribution >= 0.6 is 11.8 Å². The molecule has 1 aliphatic carbocycles. The highest BCUT2D eigenvalue weighted by Crippen LogP contribution is 2.29. The van der Waals surface area contributed by atoms with Crippen molar-refractivity contribution < 1.29 is 17.9 Å². The molecule has 31 heavy (non-hydrogen) atoms. The Morgan fingerprint density at radius 3 is 2.42 bits per heavy atom. The molecule has 0 atom stereocenters. The van der Waals surface area contributed by atoms with E-state index in [1.54, 1.807) is 24.3 Å². The Hall–Kier alpha value is -2.19. The van der Waals surface area contributed by atoms with Gasteiger partial charge >= 0.3 is 0 Å². The molecular formula is C23H30N2O4S2. The summed E-state index contributed by atoms with van der Waals surface area (Å²) in [6.45, 7) is 0.734. The predicted octanol–water partition coefficient (Wildman–Crippen LogP) is 3.82. The second kappa shape index (κ2) is 11.4. The largest absolute Gasteiger partial charge is 0.489 e. The van der Waals surface area contributed by atoms with E-state index in [-0.39, 0.29) is 12.5 Å². The van der Waals surface area contributed by atoms with Crippen LogP contribution in [0.5, 0.6) is 5.75 Å². The van der Waals surface area contributed by atoms with Crippen LogP contribution in [0.2, 0.25) is 0 Å². The Kier molecular flexibility index (Phi) is 8.66. The van der Waals surface area contributed by atoms with Gasteiger partial charge in [0, 0.05) is 17.5 Å². The normalized spacial score (nSPS) is 14.4. The van der Waals surface area contributed by atoms with Crippen molar-refractivity contribution in [3.05, 3.63) is 60.2 Å². The van der Waals surface area contributed by atoms with E-state index in [2.05, 4.69) is 5.32 Å². The van der Waals surface area contributed by atoms with Gasteiger partial charge in [0.1, 0.15) is 18.9 Å². The fraction of sp³-hybridized carbons (Fsp3) is 0.435. The third kappa shape index (κ3) is 7.78. The molecule has 1 saturated carbocycles. The van der Waals surface area contributed by atoms with Crippen LogP contribution in [0, 0.1) is 0 Å². The maximum Gasteiger partial charge on any atom is 0.240 e. The van der Waals surface area contributed by atoms with Crippen molar-refractivity contribution in [3.8, 4) is 5.75 Å². The molecule has 1 fully saturated rings. The first-order chi connectivity index (χ1) is 14.9. The third-order valence-corrected chi connectivity index (χ3v) is 7.66. The maximum absolute atomic E-state index is 12.3. The van der Waals surface area contributed by atoms with Crippen LogP contribution < -0.4 is 14.4 Å². The Morgan fingerprint density at radius 1 is 1.10 bits per heavy atom. The van der Waals surface area contributed by atoms with Crippen LogP contribution in [0.1, 0.15) is 31.2 Å². The highest BCUT2D eigenvalue weighted by Gasteiger charge is 2.21. The number of sulfonamides is 1. The van der Waals surface area contributed by atoms with Crippen molar-refractivity contribution in [3.63, 3.8) is 0 Å². The van der Waals surface area contributed by atoms with E-state index in [0.29, 0.717) is 29.8 Å². The summed E-state index contributed by atoms with van der Waals surface area (Å²) in [5.74, 6) is 1.18. The van der Waals surface area contributed by atoms with Crippen molar-refractivity contribution in [2.45, 2.75) is 37.5 Å². The van der Waals surface area contributed by atoms with Crippen LogP contribution in [0.4, 0.5) is 5.69 Å². The number of hydrogen-bond acceptors (Lipinski definition) is 5. The summed E-state index contributed by atoms with van der Waals surface area (Å²) in [4.78, 5) is 12.3. The Morgan fingerprint density at radius 2 is 1.77 bits per heavy atom. The van der Waals surface area contributed by atoms with Crippen molar-refractivity contribution in [2.75, 3.05) is 29.4 Å². The number of carbonyl (C=O) groups is 1. The molecule has 1 amide bonds. The first kappa shape index (κ1) is 23.5. The number of anilines is 1. The number of nitrogens with one attached hydrogen (secondary N) is 1. The van der Waals surface area contributed by atoms with Gasteiger partial charge in [-0.15, -0.1) is 0 Å². The molecule has 3 rings (SSSR count). The van der Waals surface area contributed by atoms with Gasteiger partial charge in [-0.1, -0.05) is 43.2 Å². The molecule has 1 N–H and O–H groups in total. The van der Waals surface area contributed by atoms with Crippen LogP contribution in [0.15, 0.2) is 54.6 Å². The quantitative estimate of drug-likeness (QED) is 0.514. The molecule has 6 nitrogen and oxygen atoms in total. The summed E-state index contributed by atoms with van der Waals surface area (Å²) in [5, 5.41) is 3.54. The van der Waals surface area contributed by atoms with Crippen molar-refractivity contribution in [1.29, 1.82) is 0 Å². The molecule has 1 aliphatic rings. The number of nitrogens with zero attached hydrogens (tertiary/aromatic N) is 1. The van der Waals surface area contributed by atoms with Gasteiger partial charge < -0.3 is 10.1 Å². The molecule has 8 heteroatoms. The molecule has 0 unspecified atom stereocenters. The fourth-order valence-electron chi connectivity index (χ4n) is 3.51. The van der Waals surface area contributed by atoms with Gasteiger partial charge in [-0.2, -0.15) is 11.8 Å².